The minimum atomic E-state index is -1.00. The molecular weight excluding hydrogens is 852 g/mol. The van der Waals surface area contributed by atoms with E-state index >= 15 is 0 Å². The summed E-state index contributed by atoms with van der Waals surface area (Å²) in [4.78, 5) is 74.0. The van der Waals surface area contributed by atoms with Crippen molar-refractivity contribution >= 4 is 35.8 Å². The number of nitrogens with one attached hydrogen (secondary N) is 1. The minimum absolute atomic E-state index is 0.209. The standard InChI is InChI=1S/C22H32N2O7.C15H31NO5.C8H5NO2.CH3F/c1-22(2,3)31-21(27)23(4)9-11-28-13-15-30-16-14-29-12-10-24-19(25)17-7-5-6-8-18(17)20(24)26;1-6-8-18-10-12-20-13-11-19-9-7-16(5)14(17)21-15(2,3)4;10-7-5-3-1-2-4-6(5)8(11)9-7;1-2/h5-8H,9-16H2,1-4H3;6-13H2,1-5H3;1-4H,(H,9,10,11);1H3/i;;;1D. The largest absolute Gasteiger partial charge is 0.444 e. The van der Waals surface area contributed by atoms with Crippen molar-refractivity contribution in [2.24, 2.45) is 0 Å². The highest BCUT2D eigenvalue weighted by atomic mass is 19.1. The highest BCUT2D eigenvalue weighted by Crippen LogP contribution is 2.22. The van der Waals surface area contributed by atoms with Gasteiger partial charge in [0.1, 0.15) is 11.2 Å². The topological polar surface area (TPSA) is 198 Å². The van der Waals surface area contributed by atoms with Gasteiger partial charge in [-0.15, -0.1) is 0 Å². The Balaban J connectivity index is 0.000000531. The Morgan fingerprint density at radius 2 is 0.877 bits per heavy atom. The van der Waals surface area contributed by atoms with Crippen molar-refractivity contribution in [1.82, 2.24) is 20.0 Å². The van der Waals surface area contributed by atoms with E-state index in [-0.39, 0.29) is 49.0 Å². The van der Waals surface area contributed by atoms with Gasteiger partial charge in [0.2, 0.25) is 0 Å². The maximum atomic E-state index is 12.2. The van der Waals surface area contributed by atoms with Gasteiger partial charge in [0.15, 0.2) is 0 Å². The first kappa shape index (κ1) is 56.1. The summed E-state index contributed by atoms with van der Waals surface area (Å²) in [5.41, 5.74) is 0.822. The highest BCUT2D eigenvalue weighted by Gasteiger charge is 2.34. The number of amides is 6. The first-order valence-corrected chi connectivity index (χ1v) is 21.4. The number of ether oxygens (including phenoxy) is 8. The van der Waals surface area contributed by atoms with Crippen LogP contribution in [0.2, 0.25) is 0 Å². The smallest absolute Gasteiger partial charge is 0.410 e. The van der Waals surface area contributed by atoms with Crippen LogP contribution in [0, 0.1) is 0 Å². The monoisotopic (exact) mass is 924 g/mol. The fourth-order valence-electron chi connectivity index (χ4n) is 5.21. The van der Waals surface area contributed by atoms with Gasteiger partial charge in [0, 0.05) is 33.8 Å². The van der Waals surface area contributed by atoms with E-state index < -0.39 is 18.4 Å². The number of benzene rings is 2. The molecule has 2 aliphatic heterocycles. The molecule has 1 N–H and O–H groups in total. The van der Waals surface area contributed by atoms with Gasteiger partial charge in [0.25, 0.3) is 23.6 Å². The molecule has 0 aliphatic carbocycles. The number of likely N-dealkylation sites (N-methyl/N-ethyl adjacent to an activating group) is 2. The zero-order valence-corrected chi connectivity index (χ0v) is 39.6. The van der Waals surface area contributed by atoms with E-state index in [1.807, 2.05) is 41.5 Å². The number of hydrogen-bond acceptors (Lipinski definition) is 14. The molecule has 19 heteroatoms. The Hall–Kier alpha value is -5.05. The molecule has 0 saturated carbocycles. The molecule has 366 valence electrons. The average Bonchev–Trinajstić information content (AvgIpc) is 3.68. The molecule has 0 fully saturated rings. The summed E-state index contributed by atoms with van der Waals surface area (Å²) in [6.45, 7) is 19.8. The zero-order chi connectivity index (χ0) is 49.5. The molecule has 0 unspecified atom stereocenters. The molecule has 2 aliphatic rings. The van der Waals surface area contributed by atoms with Gasteiger partial charge in [-0.3, -0.25) is 33.8 Å². The highest BCUT2D eigenvalue weighted by molar-refractivity contribution is 6.22. The molecule has 4 rings (SSSR count). The molecule has 0 atom stereocenters. The fourth-order valence-corrected chi connectivity index (χ4v) is 5.21. The lowest BCUT2D eigenvalue weighted by atomic mass is 10.1. The lowest BCUT2D eigenvalue weighted by molar-refractivity contribution is 0.00327. The molecule has 2 aromatic rings. The molecular formula is C46H71FN4O14. The van der Waals surface area contributed by atoms with Crippen LogP contribution >= 0.6 is 0 Å². The Morgan fingerprint density at radius 3 is 1.22 bits per heavy atom. The third kappa shape index (κ3) is 24.2. The lowest BCUT2D eigenvalue weighted by Gasteiger charge is -2.24. The molecule has 2 aromatic carbocycles. The number of imide groups is 2. The summed E-state index contributed by atoms with van der Waals surface area (Å²) in [7, 11) is 2.35. The van der Waals surface area contributed by atoms with Crippen LogP contribution in [0.25, 0.3) is 0 Å². The van der Waals surface area contributed by atoms with Crippen molar-refractivity contribution in [1.29, 1.82) is 0 Å². The van der Waals surface area contributed by atoms with Gasteiger partial charge in [-0.05, 0) is 72.2 Å². The molecule has 0 spiro atoms. The van der Waals surface area contributed by atoms with E-state index in [1.165, 1.54) is 14.7 Å². The van der Waals surface area contributed by atoms with Crippen LogP contribution in [0.4, 0.5) is 14.0 Å². The van der Waals surface area contributed by atoms with Crippen LogP contribution in [0.1, 0.15) is 97.7 Å². The number of nitrogens with zero attached hydrogens (tertiary/aromatic N) is 3. The zero-order valence-electron chi connectivity index (χ0n) is 40.6. The van der Waals surface area contributed by atoms with Gasteiger partial charge in [0.05, 0.1) is 110 Å². The summed E-state index contributed by atoms with van der Waals surface area (Å²) in [6.07, 6.45) is 0.301. The second-order valence-corrected chi connectivity index (χ2v) is 16.1. The van der Waals surface area contributed by atoms with Crippen molar-refractivity contribution < 1.29 is 72.4 Å². The number of rotatable bonds is 23. The Kier molecular flexibility index (Phi) is 27.4. The molecule has 0 radical (unpaired) electrons. The van der Waals surface area contributed by atoms with E-state index in [0.717, 1.165) is 13.0 Å². The quantitative estimate of drug-likeness (QED) is 0.106. The summed E-state index contributed by atoms with van der Waals surface area (Å²) >= 11 is 0. The molecule has 65 heavy (non-hydrogen) atoms. The van der Waals surface area contributed by atoms with Gasteiger partial charge in [-0.1, -0.05) is 31.2 Å². The third-order valence-electron chi connectivity index (χ3n) is 8.37. The molecule has 0 saturated heterocycles. The van der Waals surface area contributed by atoms with Crippen LogP contribution in [0.3, 0.4) is 0 Å². The van der Waals surface area contributed by atoms with Gasteiger partial charge >= 0.3 is 12.2 Å². The lowest BCUT2D eigenvalue weighted by Crippen LogP contribution is -2.36. The molecule has 6 amide bonds. The van der Waals surface area contributed by atoms with Crippen molar-refractivity contribution in [3.8, 4) is 0 Å². The van der Waals surface area contributed by atoms with Gasteiger partial charge < -0.3 is 47.7 Å². The van der Waals surface area contributed by atoms with E-state index in [4.69, 9.17) is 39.3 Å². The van der Waals surface area contributed by atoms with Crippen LogP contribution < -0.4 is 5.32 Å². The SMILES string of the molecule is CCCOCCOCCOCCN(C)C(=O)OC(C)(C)C.CN(CCOCCOCCOCCN1C(=O)c2ccccc2C1=O)C(=O)OC(C)(C)C.O=C1NC(=O)c2ccccc21.[2H]CF. The molecule has 2 heterocycles. The first-order chi connectivity index (χ1) is 31.3. The van der Waals surface area contributed by atoms with E-state index in [2.05, 4.69) is 12.2 Å². The van der Waals surface area contributed by atoms with Gasteiger partial charge in [-0.25, -0.2) is 9.59 Å². The second kappa shape index (κ2) is 31.8. The predicted octanol–water partition coefficient (Wildman–Crippen LogP) is 5.67. The van der Waals surface area contributed by atoms with Crippen LogP contribution in [-0.2, 0) is 37.9 Å². The Morgan fingerprint density at radius 1 is 0.569 bits per heavy atom. The Bertz CT molecular complexity index is 1710. The van der Waals surface area contributed by atoms with Crippen molar-refractivity contribution in [2.45, 2.75) is 66.1 Å². The van der Waals surface area contributed by atoms with Crippen molar-refractivity contribution in [3.63, 3.8) is 0 Å². The fraction of sp³-hybridized carbons (Fsp3) is 0.609. The molecule has 0 bridgehead atoms. The maximum Gasteiger partial charge on any atom is 0.410 e. The normalized spacial score (nSPS) is 12.9. The summed E-state index contributed by atoms with van der Waals surface area (Å²) in [5.74, 6) is -1.17. The van der Waals surface area contributed by atoms with E-state index in [0.29, 0.717) is 101 Å². The minimum Gasteiger partial charge on any atom is -0.444 e. The predicted molar refractivity (Wildman–Crippen MR) is 240 cm³/mol. The van der Waals surface area contributed by atoms with Crippen molar-refractivity contribution in [3.05, 3.63) is 70.8 Å². The number of carbonyl (C=O) groups is 6. The number of alkyl halides is 1. The summed E-state index contributed by atoms with van der Waals surface area (Å²) in [6, 6.07) is 13.5. The van der Waals surface area contributed by atoms with Crippen molar-refractivity contribution in [2.75, 3.05) is 120 Å². The third-order valence-corrected chi connectivity index (χ3v) is 8.37. The number of hydrogen-bond donors (Lipinski definition) is 1. The van der Waals surface area contributed by atoms with E-state index in [1.54, 1.807) is 62.6 Å². The van der Waals surface area contributed by atoms with E-state index in [9.17, 15) is 33.2 Å². The molecule has 18 nitrogen and oxygen atoms in total. The van der Waals surface area contributed by atoms with Crippen LogP contribution in [-0.4, -0.2) is 182 Å². The average molecular weight is 924 g/mol. The Labute approximate surface area is 384 Å². The molecule has 0 aromatic heterocycles. The second-order valence-electron chi connectivity index (χ2n) is 16.1. The van der Waals surface area contributed by atoms with Crippen LogP contribution in [0.5, 0.6) is 0 Å². The number of carbonyl (C=O) groups excluding carboxylic acids is 6. The summed E-state index contributed by atoms with van der Waals surface area (Å²) < 4.78 is 58.3. The first-order valence-electron chi connectivity index (χ1n) is 22.1. The number of fused-ring (bicyclic) bond motifs is 2. The summed E-state index contributed by atoms with van der Waals surface area (Å²) in [5, 5.41) is 2.20. The van der Waals surface area contributed by atoms with Gasteiger partial charge in [-0.2, -0.15) is 0 Å². The maximum absolute atomic E-state index is 12.2. The van der Waals surface area contributed by atoms with Crippen LogP contribution in [0.15, 0.2) is 48.5 Å². The number of halogens is 1.